The molecule has 0 fully saturated rings. The number of amides is 1. The number of hydrogen-bond donors (Lipinski definition) is 2. The Labute approximate surface area is 49.5 Å². The molecule has 0 aliphatic heterocycles. The molecule has 1 amide bonds. The fourth-order valence-corrected chi connectivity index (χ4v) is 0.422. The normalized spacial score (nSPS) is 13.2. The van der Waals surface area contributed by atoms with Crippen molar-refractivity contribution in [3.05, 3.63) is 0 Å². The van der Waals surface area contributed by atoms with E-state index < -0.39 is 0 Å². The average Bonchev–Trinajstić information content (AvgIpc) is 1.65. The number of nitrogens with two attached hydrogens (primary N) is 1. The zero-order valence-electron chi connectivity index (χ0n) is 5.40. The van der Waals surface area contributed by atoms with Crippen LogP contribution < -0.4 is 10.6 Å². The van der Waals surface area contributed by atoms with E-state index in [1.54, 1.807) is 0 Å². The number of likely N-dealkylation sites (N-methyl/N-ethyl adjacent to an activating group) is 1. The van der Waals surface area contributed by atoms with E-state index in [-0.39, 0.29) is 5.91 Å². The summed E-state index contributed by atoms with van der Waals surface area (Å²) in [4.78, 5) is 11.3. The molecule has 3 N–H and O–H groups in total. The molecule has 1 unspecified atom stereocenters. The predicted molar refractivity (Wildman–Crippen MR) is 31.5 cm³/mol. The SMILES string of the molecule is CC[NH+](C)CC(N)=O. The molecule has 0 aromatic heterocycles. The zero-order chi connectivity index (χ0) is 6.57. The first-order valence-electron chi connectivity index (χ1n) is 2.76. The third-order valence-corrected chi connectivity index (χ3v) is 1.08. The van der Waals surface area contributed by atoms with Crippen molar-refractivity contribution in [3.8, 4) is 0 Å². The molecule has 0 spiro atoms. The Kier molecular flexibility index (Phi) is 3.19. The summed E-state index contributed by atoms with van der Waals surface area (Å²) in [5.74, 6) is -0.232. The van der Waals surface area contributed by atoms with Gasteiger partial charge in [0.1, 0.15) is 0 Å². The van der Waals surface area contributed by atoms with E-state index in [2.05, 4.69) is 0 Å². The maximum absolute atomic E-state index is 10.2. The molecule has 0 heterocycles. The van der Waals surface area contributed by atoms with E-state index >= 15 is 0 Å². The standard InChI is InChI=1S/C5H12N2O/c1-3-7(2)4-5(6)8/h3-4H2,1-2H3,(H2,6,8)/p+1. The monoisotopic (exact) mass is 117 g/mol. The second-order valence-corrected chi connectivity index (χ2v) is 1.95. The van der Waals surface area contributed by atoms with Gasteiger partial charge in [0.25, 0.3) is 5.91 Å². The zero-order valence-corrected chi connectivity index (χ0v) is 5.40. The molecule has 3 nitrogen and oxygen atoms in total. The Morgan fingerprint density at radius 1 is 1.75 bits per heavy atom. The van der Waals surface area contributed by atoms with Crippen LogP contribution in [0.2, 0.25) is 0 Å². The van der Waals surface area contributed by atoms with Crippen molar-refractivity contribution in [3.63, 3.8) is 0 Å². The molecule has 0 saturated carbocycles. The van der Waals surface area contributed by atoms with Crippen LogP contribution in [0, 0.1) is 0 Å². The van der Waals surface area contributed by atoms with Crippen molar-refractivity contribution in [1.82, 2.24) is 0 Å². The minimum absolute atomic E-state index is 0.232. The third kappa shape index (κ3) is 3.61. The highest BCUT2D eigenvalue weighted by Gasteiger charge is 2.00. The molecule has 0 saturated heterocycles. The smallest absolute Gasteiger partial charge is 0.272 e. The van der Waals surface area contributed by atoms with Crippen LogP contribution in [-0.2, 0) is 4.79 Å². The van der Waals surface area contributed by atoms with Gasteiger partial charge in [-0.1, -0.05) is 0 Å². The van der Waals surface area contributed by atoms with Crippen LogP contribution in [0.25, 0.3) is 0 Å². The Bertz CT molecular complexity index is 82.5. The van der Waals surface area contributed by atoms with Gasteiger partial charge in [-0.25, -0.2) is 0 Å². The van der Waals surface area contributed by atoms with Gasteiger partial charge in [-0.2, -0.15) is 0 Å². The predicted octanol–water partition coefficient (Wildman–Crippen LogP) is -1.99. The third-order valence-electron chi connectivity index (χ3n) is 1.08. The second kappa shape index (κ2) is 3.43. The number of primary amides is 1. The Balaban J connectivity index is 3.24. The molecule has 48 valence electrons. The molecule has 1 atom stereocenters. The van der Waals surface area contributed by atoms with Gasteiger partial charge in [-0.15, -0.1) is 0 Å². The lowest BCUT2D eigenvalue weighted by atomic mass is 10.5. The fourth-order valence-electron chi connectivity index (χ4n) is 0.422. The largest absolute Gasteiger partial charge is 0.365 e. The van der Waals surface area contributed by atoms with E-state index in [1.165, 1.54) is 0 Å². The Morgan fingerprint density at radius 2 is 2.25 bits per heavy atom. The molecule has 0 aliphatic carbocycles. The molecular weight excluding hydrogens is 104 g/mol. The van der Waals surface area contributed by atoms with Gasteiger partial charge in [-0.3, -0.25) is 4.79 Å². The summed E-state index contributed by atoms with van der Waals surface area (Å²) in [6.07, 6.45) is 0. The molecule has 0 aromatic carbocycles. The molecule has 0 rings (SSSR count). The number of carbonyl (C=O) groups is 1. The van der Waals surface area contributed by atoms with Crippen LogP contribution in [0.5, 0.6) is 0 Å². The first-order valence-corrected chi connectivity index (χ1v) is 2.76. The quantitative estimate of drug-likeness (QED) is 0.441. The van der Waals surface area contributed by atoms with E-state index in [1.807, 2.05) is 14.0 Å². The summed E-state index contributed by atoms with van der Waals surface area (Å²) in [6, 6.07) is 0. The molecular formula is C5H13N2O+. The van der Waals surface area contributed by atoms with E-state index in [0.29, 0.717) is 6.54 Å². The lowest BCUT2D eigenvalue weighted by molar-refractivity contribution is -0.869. The van der Waals surface area contributed by atoms with Crippen LogP contribution >= 0.6 is 0 Å². The van der Waals surface area contributed by atoms with Crippen molar-refractivity contribution in [2.24, 2.45) is 5.73 Å². The number of nitrogens with one attached hydrogen (secondary N) is 1. The van der Waals surface area contributed by atoms with Crippen molar-refractivity contribution >= 4 is 5.91 Å². The maximum atomic E-state index is 10.2. The minimum atomic E-state index is -0.232. The van der Waals surface area contributed by atoms with Gasteiger partial charge in [0, 0.05) is 0 Å². The van der Waals surface area contributed by atoms with Crippen LogP contribution in [0.3, 0.4) is 0 Å². The Hall–Kier alpha value is -0.570. The van der Waals surface area contributed by atoms with Crippen LogP contribution in [-0.4, -0.2) is 26.0 Å². The highest BCUT2D eigenvalue weighted by molar-refractivity contribution is 5.74. The summed E-state index contributed by atoms with van der Waals surface area (Å²) in [5.41, 5.74) is 4.91. The van der Waals surface area contributed by atoms with Gasteiger partial charge >= 0.3 is 0 Å². The molecule has 3 heteroatoms. The lowest BCUT2D eigenvalue weighted by Crippen LogP contribution is -3.09. The highest BCUT2D eigenvalue weighted by atomic mass is 16.1. The number of rotatable bonds is 3. The van der Waals surface area contributed by atoms with Gasteiger partial charge < -0.3 is 10.6 Å². The first-order chi connectivity index (χ1) is 3.66. The summed E-state index contributed by atoms with van der Waals surface area (Å²) >= 11 is 0. The minimum Gasteiger partial charge on any atom is -0.365 e. The molecule has 0 radical (unpaired) electrons. The van der Waals surface area contributed by atoms with Gasteiger partial charge in [0.05, 0.1) is 13.6 Å². The van der Waals surface area contributed by atoms with E-state index in [4.69, 9.17) is 5.73 Å². The van der Waals surface area contributed by atoms with Crippen LogP contribution in [0.4, 0.5) is 0 Å². The number of carbonyl (C=O) groups excluding carboxylic acids is 1. The number of hydrogen-bond acceptors (Lipinski definition) is 1. The summed E-state index contributed by atoms with van der Waals surface area (Å²) < 4.78 is 0. The van der Waals surface area contributed by atoms with Crippen molar-refractivity contribution in [2.45, 2.75) is 6.92 Å². The Morgan fingerprint density at radius 3 is 2.38 bits per heavy atom. The molecule has 0 bridgehead atoms. The second-order valence-electron chi connectivity index (χ2n) is 1.95. The van der Waals surface area contributed by atoms with Crippen molar-refractivity contribution in [2.75, 3.05) is 20.1 Å². The van der Waals surface area contributed by atoms with Crippen molar-refractivity contribution in [1.29, 1.82) is 0 Å². The van der Waals surface area contributed by atoms with Crippen LogP contribution in [0.1, 0.15) is 6.92 Å². The van der Waals surface area contributed by atoms with Crippen LogP contribution in [0.15, 0.2) is 0 Å². The van der Waals surface area contributed by atoms with E-state index in [0.717, 1.165) is 11.4 Å². The molecule has 8 heavy (non-hydrogen) atoms. The molecule has 0 aromatic rings. The fraction of sp³-hybridized carbons (Fsp3) is 0.800. The van der Waals surface area contributed by atoms with Gasteiger partial charge in [-0.05, 0) is 6.92 Å². The average molecular weight is 117 g/mol. The maximum Gasteiger partial charge on any atom is 0.272 e. The number of quaternary nitrogens is 1. The van der Waals surface area contributed by atoms with Crippen molar-refractivity contribution < 1.29 is 9.69 Å². The molecule has 0 aliphatic rings. The van der Waals surface area contributed by atoms with E-state index in [9.17, 15) is 4.79 Å². The van der Waals surface area contributed by atoms with Gasteiger partial charge in [0.2, 0.25) is 0 Å². The first kappa shape index (κ1) is 7.43. The van der Waals surface area contributed by atoms with Gasteiger partial charge in [0.15, 0.2) is 6.54 Å². The summed E-state index contributed by atoms with van der Waals surface area (Å²) in [6.45, 7) is 3.40. The summed E-state index contributed by atoms with van der Waals surface area (Å²) in [5, 5.41) is 0. The lowest BCUT2D eigenvalue weighted by Gasteiger charge is -2.06. The summed E-state index contributed by atoms with van der Waals surface area (Å²) in [7, 11) is 1.94. The highest BCUT2D eigenvalue weighted by Crippen LogP contribution is 1.44. The topological polar surface area (TPSA) is 47.5 Å².